The minimum atomic E-state index is -1.41. The highest BCUT2D eigenvalue weighted by Crippen LogP contribution is 2.65. The van der Waals surface area contributed by atoms with E-state index in [2.05, 4.69) is 10.6 Å². The number of carbonyl (C=O) groups excluding carboxylic acids is 2. The van der Waals surface area contributed by atoms with Crippen molar-refractivity contribution in [3.63, 3.8) is 0 Å². The first-order valence-electron chi connectivity index (χ1n) is 9.89. The average molecular weight is 580 g/mol. The molecule has 1 aliphatic rings. The van der Waals surface area contributed by atoms with Crippen LogP contribution in [-0.2, 0) is 4.79 Å². The zero-order chi connectivity index (χ0) is 25.7. The van der Waals surface area contributed by atoms with Crippen LogP contribution < -0.4 is 16.4 Å². The fourth-order valence-corrected chi connectivity index (χ4v) is 5.26. The van der Waals surface area contributed by atoms with Gasteiger partial charge in [0.25, 0.3) is 5.91 Å². The molecule has 182 valence electrons. The number of benzene rings is 3. The van der Waals surface area contributed by atoms with Crippen LogP contribution in [0.2, 0.25) is 15.1 Å². The van der Waals surface area contributed by atoms with Gasteiger partial charge in [0, 0.05) is 21.7 Å². The Bertz CT molecular complexity index is 1350. The summed E-state index contributed by atoms with van der Waals surface area (Å²) in [5.74, 6) is -5.02. The molecular formula is C23H14Cl5F2N3O2. The summed E-state index contributed by atoms with van der Waals surface area (Å²) in [6, 6.07) is 10.7. The molecule has 0 heterocycles. The number of nitrogens with one attached hydrogen (secondary N) is 2. The second kappa shape index (κ2) is 9.64. The number of rotatable bonds is 5. The molecular weight excluding hydrogens is 566 g/mol. The van der Waals surface area contributed by atoms with E-state index in [1.807, 2.05) is 0 Å². The van der Waals surface area contributed by atoms with Gasteiger partial charge in [-0.3, -0.25) is 9.59 Å². The van der Waals surface area contributed by atoms with Gasteiger partial charge in [-0.15, -0.1) is 23.2 Å². The summed E-state index contributed by atoms with van der Waals surface area (Å²) in [5.41, 5.74) is 4.98. The largest absolute Gasteiger partial charge is 0.396 e. The number of carbonyl (C=O) groups is 2. The lowest BCUT2D eigenvalue weighted by atomic mass is 10.1. The number of nitrogen functional groups attached to an aromatic ring is 1. The van der Waals surface area contributed by atoms with E-state index in [1.54, 1.807) is 12.1 Å². The fourth-order valence-electron chi connectivity index (χ4n) is 3.68. The van der Waals surface area contributed by atoms with Gasteiger partial charge in [0.15, 0.2) is 5.82 Å². The predicted molar refractivity (Wildman–Crippen MR) is 136 cm³/mol. The monoisotopic (exact) mass is 577 g/mol. The van der Waals surface area contributed by atoms with E-state index in [1.165, 1.54) is 24.3 Å². The molecule has 5 nitrogen and oxygen atoms in total. The lowest BCUT2D eigenvalue weighted by Gasteiger charge is -2.12. The number of halogens is 7. The van der Waals surface area contributed by atoms with E-state index in [4.69, 9.17) is 63.7 Å². The molecule has 0 aromatic heterocycles. The Hall–Kier alpha value is -2.29. The third-order valence-corrected chi connectivity index (χ3v) is 7.12. The van der Waals surface area contributed by atoms with Gasteiger partial charge in [-0.05, 0) is 54.1 Å². The summed E-state index contributed by atoms with van der Waals surface area (Å²) in [5, 5.41) is 5.45. The van der Waals surface area contributed by atoms with Crippen LogP contribution in [0.25, 0.3) is 0 Å². The fraction of sp³-hybridized carbons (Fsp3) is 0.130. The van der Waals surface area contributed by atoms with Crippen molar-refractivity contribution in [2.45, 2.75) is 10.3 Å². The number of hydrogen-bond donors (Lipinski definition) is 3. The second-order valence-corrected chi connectivity index (χ2v) is 10.5. The Balaban J connectivity index is 1.54. The van der Waals surface area contributed by atoms with Crippen molar-refractivity contribution in [1.29, 1.82) is 0 Å². The van der Waals surface area contributed by atoms with Crippen molar-refractivity contribution >= 4 is 86.9 Å². The quantitative estimate of drug-likeness (QED) is 0.219. The van der Waals surface area contributed by atoms with Crippen LogP contribution in [-0.4, -0.2) is 16.1 Å². The highest BCUT2D eigenvalue weighted by molar-refractivity contribution is 6.53. The molecule has 2 atom stereocenters. The molecule has 3 aromatic carbocycles. The Morgan fingerprint density at radius 1 is 0.914 bits per heavy atom. The topological polar surface area (TPSA) is 84.2 Å². The SMILES string of the molecule is Nc1ccc(F)c(NC(=O)c2cc(NC(=O)C3C(c4cc(Cl)cc(Cl)c4)C3(Cl)Cl)ccc2Cl)c1F. The highest BCUT2D eigenvalue weighted by Gasteiger charge is 2.67. The van der Waals surface area contributed by atoms with Gasteiger partial charge < -0.3 is 16.4 Å². The maximum absolute atomic E-state index is 14.2. The smallest absolute Gasteiger partial charge is 0.257 e. The van der Waals surface area contributed by atoms with E-state index in [0.717, 1.165) is 12.1 Å². The molecule has 3 aromatic rings. The first kappa shape index (κ1) is 25.8. The van der Waals surface area contributed by atoms with E-state index >= 15 is 0 Å². The molecule has 2 unspecified atom stereocenters. The minimum Gasteiger partial charge on any atom is -0.396 e. The van der Waals surface area contributed by atoms with Gasteiger partial charge in [0.1, 0.15) is 15.8 Å². The Morgan fingerprint density at radius 2 is 1.57 bits per heavy atom. The molecule has 0 radical (unpaired) electrons. The van der Waals surface area contributed by atoms with E-state index in [0.29, 0.717) is 15.6 Å². The Morgan fingerprint density at radius 3 is 2.23 bits per heavy atom. The van der Waals surface area contributed by atoms with Crippen LogP contribution in [0.15, 0.2) is 48.5 Å². The molecule has 1 aliphatic carbocycles. The van der Waals surface area contributed by atoms with Crippen LogP contribution in [0.3, 0.4) is 0 Å². The number of nitrogens with two attached hydrogens (primary N) is 1. The highest BCUT2D eigenvalue weighted by atomic mass is 35.5. The van der Waals surface area contributed by atoms with Gasteiger partial charge in [0.05, 0.1) is 22.2 Å². The van der Waals surface area contributed by atoms with Crippen molar-refractivity contribution in [3.8, 4) is 0 Å². The van der Waals surface area contributed by atoms with Crippen LogP contribution in [0.5, 0.6) is 0 Å². The summed E-state index contributed by atoms with van der Waals surface area (Å²) in [7, 11) is 0. The van der Waals surface area contributed by atoms with E-state index < -0.39 is 45.3 Å². The molecule has 4 rings (SSSR count). The molecule has 2 amide bonds. The normalized spacial score (nSPS) is 18.1. The molecule has 1 saturated carbocycles. The first-order chi connectivity index (χ1) is 16.4. The Kier molecular flexibility index (Phi) is 7.10. The van der Waals surface area contributed by atoms with Crippen molar-refractivity contribution < 1.29 is 18.4 Å². The molecule has 0 bridgehead atoms. The molecule has 1 fully saturated rings. The number of amides is 2. The van der Waals surface area contributed by atoms with Crippen molar-refractivity contribution in [2.75, 3.05) is 16.4 Å². The summed E-state index contributed by atoms with van der Waals surface area (Å²) in [4.78, 5) is 25.6. The van der Waals surface area contributed by atoms with Crippen molar-refractivity contribution in [2.24, 2.45) is 5.92 Å². The third-order valence-electron chi connectivity index (χ3n) is 5.42. The summed E-state index contributed by atoms with van der Waals surface area (Å²) < 4.78 is 26.8. The van der Waals surface area contributed by atoms with E-state index in [9.17, 15) is 18.4 Å². The van der Waals surface area contributed by atoms with Gasteiger partial charge in [-0.25, -0.2) is 8.78 Å². The summed E-state index contributed by atoms with van der Waals surface area (Å²) in [6.45, 7) is 0. The van der Waals surface area contributed by atoms with E-state index in [-0.39, 0.29) is 22.0 Å². The molecule has 0 spiro atoms. The lowest BCUT2D eigenvalue weighted by Crippen LogP contribution is -2.19. The standard InChI is InChI=1S/C23H14Cl5F2N3O2/c24-10-5-9(6-11(25)7-10)17-18(23(17,27)28)22(35)32-12-1-2-14(26)13(8-12)21(34)33-20-15(29)3-4-16(31)19(20)30/h1-8,17-18H,31H2,(H,32,35)(H,33,34). The van der Waals surface area contributed by atoms with Crippen LogP contribution in [0, 0.1) is 17.6 Å². The zero-order valence-electron chi connectivity index (χ0n) is 17.3. The maximum Gasteiger partial charge on any atom is 0.257 e. The maximum atomic E-state index is 14.2. The number of hydrogen-bond acceptors (Lipinski definition) is 3. The summed E-state index contributed by atoms with van der Waals surface area (Å²) >= 11 is 30.9. The number of anilines is 3. The third kappa shape index (κ3) is 5.15. The molecule has 35 heavy (non-hydrogen) atoms. The lowest BCUT2D eigenvalue weighted by molar-refractivity contribution is -0.117. The molecule has 4 N–H and O–H groups in total. The molecule has 0 saturated heterocycles. The van der Waals surface area contributed by atoms with Crippen molar-refractivity contribution in [1.82, 2.24) is 0 Å². The summed E-state index contributed by atoms with van der Waals surface area (Å²) in [6.07, 6.45) is 0. The predicted octanol–water partition coefficient (Wildman–Crippen LogP) is 7.29. The average Bonchev–Trinajstić information content (AvgIpc) is 3.36. The zero-order valence-corrected chi connectivity index (χ0v) is 21.1. The van der Waals surface area contributed by atoms with Crippen molar-refractivity contribution in [3.05, 3.63) is 86.4 Å². The van der Waals surface area contributed by atoms with Gasteiger partial charge in [0.2, 0.25) is 5.91 Å². The first-order valence-corrected chi connectivity index (χ1v) is 11.8. The van der Waals surface area contributed by atoms with Gasteiger partial charge in [-0.1, -0.05) is 34.8 Å². The molecule has 12 heteroatoms. The van der Waals surface area contributed by atoms with Gasteiger partial charge in [-0.2, -0.15) is 0 Å². The second-order valence-electron chi connectivity index (χ2n) is 7.80. The Labute approximate surface area is 223 Å². The van der Waals surface area contributed by atoms with Crippen LogP contribution in [0.4, 0.5) is 25.8 Å². The van der Waals surface area contributed by atoms with Gasteiger partial charge >= 0.3 is 0 Å². The molecule has 0 aliphatic heterocycles. The van der Waals surface area contributed by atoms with Crippen LogP contribution >= 0.6 is 58.0 Å². The minimum absolute atomic E-state index is 0.0212. The van der Waals surface area contributed by atoms with Crippen LogP contribution in [0.1, 0.15) is 21.8 Å². The number of alkyl halides is 2.